The molecule has 0 bridgehead atoms. The molecular weight excluding hydrogens is 326 g/mol. The van der Waals surface area contributed by atoms with E-state index < -0.39 is 5.60 Å². The SMILES string of the molecule is CCCCC(C)(OCC)C(=O)Nc1ccc(OCCC)c2ccccc12. The number of anilines is 1. The Morgan fingerprint density at radius 2 is 1.77 bits per heavy atom. The second kappa shape index (κ2) is 9.58. The summed E-state index contributed by atoms with van der Waals surface area (Å²) in [6, 6.07) is 11.8. The van der Waals surface area contributed by atoms with Crippen molar-refractivity contribution in [2.75, 3.05) is 18.5 Å². The number of hydrogen-bond acceptors (Lipinski definition) is 3. The number of unbranched alkanes of at least 4 members (excludes halogenated alkanes) is 1. The second-order valence-corrected chi connectivity index (χ2v) is 6.73. The van der Waals surface area contributed by atoms with Gasteiger partial charge in [0, 0.05) is 23.1 Å². The molecule has 1 unspecified atom stereocenters. The Hall–Kier alpha value is -2.07. The quantitative estimate of drug-likeness (QED) is 0.606. The van der Waals surface area contributed by atoms with E-state index in [2.05, 4.69) is 19.2 Å². The van der Waals surface area contributed by atoms with Crippen molar-refractivity contribution in [3.05, 3.63) is 36.4 Å². The lowest BCUT2D eigenvalue weighted by atomic mass is 9.97. The topological polar surface area (TPSA) is 47.6 Å². The number of fused-ring (bicyclic) bond motifs is 1. The monoisotopic (exact) mass is 357 g/mol. The van der Waals surface area contributed by atoms with Gasteiger partial charge in [-0.3, -0.25) is 4.79 Å². The summed E-state index contributed by atoms with van der Waals surface area (Å²) in [5, 5.41) is 5.06. The standard InChI is InChI=1S/C22H31NO3/c1-5-8-15-22(4,26-7-3)21(24)23-19-13-14-20(25-16-6-2)18-12-10-9-11-17(18)19/h9-14H,5-8,15-16H2,1-4H3,(H,23,24). The van der Waals surface area contributed by atoms with E-state index in [1.807, 2.05) is 50.2 Å². The molecule has 0 heterocycles. The van der Waals surface area contributed by atoms with Gasteiger partial charge in [-0.1, -0.05) is 51.0 Å². The Morgan fingerprint density at radius 1 is 1.04 bits per heavy atom. The fourth-order valence-corrected chi connectivity index (χ4v) is 3.06. The molecule has 0 aliphatic carbocycles. The molecule has 2 aromatic carbocycles. The highest BCUT2D eigenvalue weighted by atomic mass is 16.5. The van der Waals surface area contributed by atoms with Gasteiger partial charge >= 0.3 is 0 Å². The minimum absolute atomic E-state index is 0.0971. The van der Waals surface area contributed by atoms with Gasteiger partial charge in [-0.05, 0) is 38.8 Å². The fourth-order valence-electron chi connectivity index (χ4n) is 3.06. The average Bonchev–Trinajstić information content (AvgIpc) is 2.66. The van der Waals surface area contributed by atoms with Crippen LogP contribution in [-0.4, -0.2) is 24.7 Å². The summed E-state index contributed by atoms with van der Waals surface area (Å²) in [6.45, 7) is 9.19. The molecule has 4 nitrogen and oxygen atoms in total. The van der Waals surface area contributed by atoms with Crippen LogP contribution in [0.15, 0.2) is 36.4 Å². The molecule has 0 saturated carbocycles. The van der Waals surface area contributed by atoms with Crippen molar-refractivity contribution in [2.45, 2.75) is 59.0 Å². The molecule has 0 aliphatic heterocycles. The first-order valence-electron chi connectivity index (χ1n) is 9.65. The van der Waals surface area contributed by atoms with E-state index in [4.69, 9.17) is 9.47 Å². The molecule has 2 rings (SSSR count). The van der Waals surface area contributed by atoms with E-state index >= 15 is 0 Å². The molecule has 0 fully saturated rings. The lowest BCUT2D eigenvalue weighted by molar-refractivity contribution is -0.139. The molecule has 1 N–H and O–H groups in total. The van der Waals surface area contributed by atoms with Crippen molar-refractivity contribution in [1.29, 1.82) is 0 Å². The Balaban J connectivity index is 2.31. The largest absolute Gasteiger partial charge is 0.493 e. The van der Waals surface area contributed by atoms with Crippen LogP contribution in [-0.2, 0) is 9.53 Å². The zero-order valence-corrected chi connectivity index (χ0v) is 16.4. The van der Waals surface area contributed by atoms with E-state index in [1.54, 1.807) is 0 Å². The molecule has 142 valence electrons. The second-order valence-electron chi connectivity index (χ2n) is 6.73. The smallest absolute Gasteiger partial charge is 0.256 e. The van der Waals surface area contributed by atoms with E-state index in [-0.39, 0.29) is 5.91 Å². The zero-order valence-electron chi connectivity index (χ0n) is 16.4. The van der Waals surface area contributed by atoms with E-state index in [1.165, 1.54) is 0 Å². The number of carbonyl (C=O) groups is 1. The molecule has 0 saturated heterocycles. The van der Waals surface area contributed by atoms with Crippen LogP contribution in [0.1, 0.15) is 53.4 Å². The van der Waals surface area contributed by atoms with Crippen LogP contribution in [0.4, 0.5) is 5.69 Å². The van der Waals surface area contributed by atoms with E-state index in [0.717, 1.165) is 41.5 Å². The lowest BCUT2D eigenvalue weighted by Gasteiger charge is -2.28. The molecule has 0 aromatic heterocycles. The van der Waals surface area contributed by atoms with E-state index in [9.17, 15) is 4.79 Å². The number of rotatable bonds is 10. The number of carbonyl (C=O) groups excluding carboxylic acids is 1. The van der Waals surface area contributed by atoms with Crippen LogP contribution in [0.25, 0.3) is 10.8 Å². The van der Waals surface area contributed by atoms with Crippen molar-refractivity contribution in [1.82, 2.24) is 0 Å². The van der Waals surface area contributed by atoms with Gasteiger partial charge in [0.1, 0.15) is 11.4 Å². The first-order valence-corrected chi connectivity index (χ1v) is 9.65. The van der Waals surface area contributed by atoms with Crippen molar-refractivity contribution < 1.29 is 14.3 Å². The van der Waals surface area contributed by atoms with Gasteiger partial charge in [-0.25, -0.2) is 0 Å². The Labute approximate surface area is 156 Å². The van der Waals surface area contributed by atoms with Crippen LogP contribution in [0, 0.1) is 0 Å². The van der Waals surface area contributed by atoms with Gasteiger partial charge in [0.2, 0.25) is 0 Å². The van der Waals surface area contributed by atoms with Crippen LogP contribution < -0.4 is 10.1 Å². The minimum atomic E-state index is -0.816. The molecule has 1 atom stereocenters. The van der Waals surface area contributed by atoms with E-state index in [0.29, 0.717) is 19.6 Å². The van der Waals surface area contributed by atoms with Crippen molar-refractivity contribution in [3.63, 3.8) is 0 Å². The maximum absolute atomic E-state index is 13.0. The zero-order chi connectivity index (χ0) is 19.0. The highest BCUT2D eigenvalue weighted by molar-refractivity contribution is 6.06. The summed E-state index contributed by atoms with van der Waals surface area (Å²) in [5.41, 5.74) is -0.0275. The maximum Gasteiger partial charge on any atom is 0.256 e. The number of amides is 1. The number of benzene rings is 2. The lowest BCUT2D eigenvalue weighted by Crippen LogP contribution is -2.42. The summed E-state index contributed by atoms with van der Waals surface area (Å²) in [7, 11) is 0. The normalized spacial score (nSPS) is 13.4. The first kappa shape index (κ1) is 20.2. The van der Waals surface area contributed by atoms with Crippen LogP contribution in [0.5, 0.6) is 5.75 Å². The molecule has 4 heteroatoms. The highest BCUT2D eigenvalue weighted by Gasteiger charge is 2.33. The Morgan fingerprint density at radius 3 is 2.42 bits per heavy atom. The van der Waals surface area contributed by atoms with Gasteiger partial charge in [-0.2, -0.15) is 0 Å². The summed E-state index contributed by atoms with van der Waals surface area (Å²) in [5.74, 6) is 0.749. The van der Waals surface area contributed by atoms with Gasteiger partial charge in [0.15, 0.2) is 0 Å². The molecule has 0 aliphatic rings. The van der Waals surface area contributed by atoms with Gasteiger partial charge < -0.3 is 14.8 Å². The molecule has 2 aromatic rings. The molecule has 1 amide bonds. The molecule has 0 radical (unpaired) electrons. The van der Waals surface area contributed by atoms with Gasteiger partial charge in [0.05, 0.1) is 6.61 Å². The summed E-state index contributed by atoms with van der Waals surface area (Å²) < 4.78 is 11.7. The van der Waals surface area contributed by atoms with Crippen molar-refractivity contribution in [3.8, 4) is 5.75 Å². The predicted molar refractivity (Wildman–Crippen MR) is 108 cm³/mol. The Kier molecular flexibility index (Phi) is 7.46. The number of ether oxygens (including phenoxy) is 2. The first-order chi connectivity index (χ1) is 12.6. The van der Waals surface area contributed by atoms with Crippen LogP contribution >= 0.6 is 0 Å². The van der Waals surface area contributed by atoms with Gasteiger partial charge in [0.25, 0.3) is 5.91 Å². The highest BCUT2D eigenvalue weighted by Crippen LogP contribution is 2.32. The molecular formula is C22H31NO3. The fraction of sp³-hybridized carbons (Fsp3) is 0.500. The third-order valence-electron chi connectivity index (χ3n) is 4.54. The number of hydrogen-bond donors (Lipinski definition) is 1. The summed E-state index contributed by atoms with van der Waals surface area (Å²) in [4.78, 5) is 13.0. The van der Waals surface area contributed by atoms with Gasteiger partial charge in [-0.15, -0.1) is 0 Å². The van der Waals surface area contributed by atoms with Crippen molar-refractivity contribution >= 4 is 22.4 Å². The van der Waals surface area contributed by atoms with Crippen molar-refractivity contribution in [2.24, 2.45) is 0 Å². The van der Waals surface area contributed by atoms with Crippen LogP contribution in [0.2, 0.25) is 0 Å². The third kappa shape index (κ3) is 4.76. The maximum atomic E-state index is 13.0. The Bertz CT molecular complexity index is 728. The molecule has 0 spiro atoms. The number of nitrogens with one attached hydrogen (secondary N) is 1. The summed E-state index contributed by atoms with van der Waals surface area (Å²) >= 11 is 0. The minimum Gasteiger partial charge on any atom is -0.493 e. The van der Waals surface area contributed by atoms with Crippen LogP contribution in [0.3, 0.4) is 0 Å². The molecule has 26 heavy (non-hydrogen) atoms. The third-order valence-corrected chi connectivity index (χ3v) is 4.54. The summed E-state index contributed by atoms with van der Waals surface area (Å²) in [6.07, 6.45) is 3.65. The predicted octanol–water partition coefficient (Wildman–Crippen LogP) is 5.55. The average molecular weight is 357 g/mol.